The van der Waals surface area contributed by atoms with Crippen LogP contribution in [0.15, 0.2) is 304 Å². The summed E-state index contributed by atoms with van der Waals surface area (Å²) in [6.07, 6.45) is 11.4. The number of hydrogen-bond donors (Lipinski definition) is 5. The summed E-state index contributed by atoms with van der Waals surface area (Å²) >= 11 is 0. The predicted molar refractivity (Wildman–Crippen MR) is 553 cm³/mol. The van der Waals surface area contributed by atoms with Crippen molar-refractivity contribution in [1.29, 1.82) is 0 Å². The highest BCUT2D eigenvalue weighted by Gasteiger charge is 2.42. The van der Waals surface area contributed by atoms with Crippen molar-refractivity contribution < 1.29 is 85.1 Å². The fraction of sp³-hybridized carbons (Fsp3) is 0.230. The van der Waals surface area contributed by atoms with Gasteiger partial charge in [0.05, 0.1) is 48.2 Å². The molecule has 0 unspecified atom stereocenters. The van der Waals surface area contributed by atoms with E-state index >= 15 is 0 Å². The van der Waals surface area contributed by atoms with Crippen LogP contribution in [0.5, 0.6) is 0 Å². The number of likely N-dealkylation sites (tertiary alicyclic amines) is 1. The van der Waals surface area contributed by atoms with Gasteiger partial charge in [0.2, 0.25) is 11.8 Å². The Bertz CT molecular complexity index is 7490. The van der Waals surface area contributed by atoms with E-state index in [1.165, 1.54) is 23.8 Å². The van der Waals surface area contributed by atoms with Crippen molar-refractivity contribution in [2.75, 3.05) is 41.8 Å². The van der Waals surface area contributed by atoms with Crippen LogP contribution in [-0.4, -0.2) is 163 Å². The zero-order chi connectivity index (χ0) is 103. The highest BCUT2D eigenvalue weighted by atomic mass is 19.1. The summed E-state index contributed by atoms with van der Waals surface area (Å²) < 4.78 is 70.8. The lowest BCUT2D eigenvalue weighted by atomic mass is 9.98. The third kappa shape index (κ3) is 27.2. The molecule has 16 aromatic rings. The molecule has 750 valence electrons. The van der Waals surface area contributed by atoms with Crippen LogP contribution in [0.2, 0.25) is 0 Å². The molecule has 12 heterocycles. The van der Waals surface area contributed by atoms with Crippen LogP contribution < -0.4 is 27.4 Å². The van der Waals surface area contributed by atoms with Gasteiger partial charge in [0.25, 0.3) is 0 Å². The number of anilines is 4. The van der Waals surface area contributed by atoms with Crippen molar-refractivity contribution in [3.63, 3.8) is 0 Å². The van der Waals surface area contributed by atoms with Gasteiger partial charge in [-0.15, -0.1) is 0 Å². The first kappa shape index (κ1) is 102. The van der Waals surface area contributed by atoms with Crippen LogP contribution in [0.4, 0.5) is 56.0 Å². The minimum absolute atomic E-state index is 0.0391. The molecule has 21 rings (SSSR count). The van der Waals surface area contributed by atoms with E-state index < -0.39 is 72.0 Å². The van der Waals surface area contributed by atoms with Gasteiger partial charge in [-0.25, -0.2) is 75.9 Å². The molecule has 2 fully saturated rings. The normalized spacial score (nSPS) is 14.9. The monoisotopic (exact) mass is 1980 g/mol. The number of nitrogen functional groups attached to an aromatic ring is 2. The fourth-order valence-electron chi connectivity index (χ4n) is 16.8. The summed E-state index contributed by atoms with van der Waals surface area (Å²) in [5.41, 5.74) is 25.4. The van der Waals surface area contributed by atoms with Gasteiger partial charge < -0.3 is 60.6 Å². The number of carbonyl (C=O) groups is 9. The topological polar surface area (TPSA) is 407 Å². The maximum atomic E-state index is 14.6. The number of fused-ring (bicyclic) bond motifs is 9. The summed E-state index contributed by atoms with van der Waals surface area (Å²) in [4.78, 5) is 139. The lowest BCUT2D eigenvalue weighted by Gasteiger charge is -2.24. The Balaban J connectivity index is 0.000000133. The predicted octanol–water partition coefficient (Wildman–Crippen LogP) is 20.1. The summed E-state index contributed by atoms with van der Waals surface area (Å²) in [5.74, 6) is -0.276. The van der Waals surface area contributed by atoms with Crippen molar-refractivity contribution >= 4 is 134 Å². The second-order valence-corrected chi connectivity index (χ2v) is 36.9. The molecule has 32 nitrogen and oxygen atoms in total. The average Bonchev–Trinajstić information content (AvgIpc) is 1.61. The van der Waals surface area contributed by atoms with Gasteiger partial charge in [-0.3, -0.25) is 29.1 Å². The zero-order valence-corrected chi connectivity index (χ0v) is 81.5. The fourth-order valence-corrected chi connectivity index (χ4v) is 16.8. The Kier molecular flexibility index (Phi) is 32.7. The first-order valence-electron chi connectivity index (χ1n) is 47.7. The number of carbonyl (C=O) groups excluding carboxylic acids is 9. The van der Waals surface area contributed by atoms with E-state index in [0.29, 0.717) is 39.7 Å². The Labute approximate surface area is 844 Å². The number of halogens is 2. The Morgan fingerprint density at radius 3 is 1.20 bits per heavy atom. The van der Waals surface area contributed by atoms with E-state index in [4.69, 9.17) is 44.6 Å². The SMILES string of the molecule is CC(C)(C)OC(=O)Cc1ccc2c(n1)CC=C2.CC(C)(C)OC(=O)Cc1ccc2ccn(C(=O)OCc3ccccc3)c2n1.Nc1ccc2c(n1)CC=C2.Nc1ccc2ccn(C(=O)OCc3ccccc3)c2n1.O=C(Nc1ccc2ccn(C(=O)OCc3ccccc3)c2n1)[C@H]1C[C@@H](F)CN1.O=C(Nc1ccc2ccn(C(=O)OCc3ccccc3)c2n1)[C@H]1C[C@@H](F)CN1C(=O)OCC1c2ccccc2-c2ccccc21. The molecule has 147 heavy (non-hydrogen) atoms. The van der Waals surface area contributed by atoms with Crippen LogP contribution >= 0.6 is 0 Å². The van der Waals surface area contributed by atoms with E-state index in [-0.39, 0.29) is 113 Å². The van der Waals surface area contributed by atoms with Crippen molar-refractivity contribution in [2.24, 2.45) is 0 Å². The Morgan fingerprint density at radius 2 is 0.762 bits per heavy atom. The molecule has 2 saturated heterocycles. The number of allylic oxidation sites excluding steroid dienone is 2. The largest absolute Gasteiger partial charge is 0.460 e. The third-order valence-electron chi connectivity index (χ3n) is 23.7. The number of ether oxygens (including phenoxy) is 7. The standard InChI is InChI=1S/C35H29FN4O5.C21H22N2O4.C20H19FN4O3.C15H13N3O2.C14H17NO2.C8H8N2/c36-24-18-30(40(19-24)35(43)45-21-29-27-12-6-4-10-25(27)26-11-5-7-13-28(26)29)33(41)38-31-15-14-23-16-17-39(32(23)37-31)34(42)44-20-22-8-2-1-3-9-22;1-21(2,3)27-18(24)13-17-10-9-16-11-12-23(19(16)22-17)20(25)26-14-15-7-5-4-6-8-15;21-15-10-16(22-11-15)19(26)24-17-7-6-14-8-9-25(18(14)23-17)20(27)28-12-13-4-2-1-3-5-13;16-13-7-6-12-8-9-18(14(12)17-13)15(19)20-10-11-4-2-1-3-5-11;1-14(2,3)17-13(16)9-11-8-7-10-5-4-6-12(10)15-11;9-8-5-4-6-2-1-3-7(6)10-8/h1-17,24,29-30H,18-21H2,(H,37,38,41);4-12H,13-14H2,1-3H3;1-9,15-16,22H,10-12H2,(H,23,24,26);1-9H,10H2,(H2,16,17);4-5,7-8H,6,9H2,1-3H3;1-2,4-5H,3H2,(H2,9,10)/t24-,30-;;15-,16-;;;/m1.1.../s1. The van der Waals surface area contributed by atoms with Gasteiger partial charge in [0.15, 0.2) is 16.9 Å². The number of nitrogens with two attached hydrogens (primary N) is 2. The van der Waals surface area contributed by atoms with Crippen LogP contribution in [0, 0.1) is 0 Å². The number of nitrogens with zero attached hydrogens (tertiary/aromatic N) is 11. The van der Waals surface area contributed by atoms with Gasteiger partial charge in [-0.05, 0) is 188 Å². The zero-order valence-electron chi connectivity index (χ0n) is 81.5. The van der Waals surface area contributed by atoms with Gasteiger partial charge >= 0.3 is 42.4 Å². The molecule has 10 aromatic heterocycles. The number of hydrogen-bond acceptors (Lipinski definition) is 25. The second kappa shape index (κ2) is 47.0. The molecule has 5 aliphatic rings. The number of aromatic nitrogens is 10. The van der Waals surface area contributed by atoms with Crippen LogP contribution in [0.3, 0.4) is 0 Å². The molecule has 3 amide bonds. The summed E-state index contributed by atoms with van der Waals surface area (Å²) in [6, 6.07) is 80.4. The van der Waals surface area contributed by atoms with E-state index in [1.54, 1.807) is 85.5 Å². The number of nitrogens with one attached hydrogen (secondary N) is 3. The molecule has 34 heteroatoms. The molecule has 6 aromatic carbocycles. The van der Waals surface area contributed by atoms with E-state index in [0.717, 1.165) is 101 Å². The third-order valence-corrected chi connectivity index (χ3v) is 23.7. The molecule has 3 aliphatic carbocycles. The van der Waals surface area contributed by atoms with Crippen LogP contribution in [0.25, 0.3) is 67.4 Å². The summed E-state index contributed by atoms with van der Waals surface area (Å²) in [6.45, 7) is 11.7. The van der Waals surface area contributed by atoms with E-state index in [9.17, 15) is 51.9 Å². The lowest BCUT2D eigenvalue weighted by molar-refractivity contribution is -0.155. The van der Waals surface area contributed by atoms with Gasteiger partial charge in [-0.2, -0.15) is 0 Å². The lowest BCUT2D eigenvalue weighted by Crippen LogP contribution is -2.43. The molecule has 7 N–H and O–H groups in total. The molecule has 4 atom stereocenters. The molecule has 2 aliphatic heterocycles. The minimum atomic E-state index is -1.38. The molecule has 0 spiro atoms. The van der Waals surface area contributed by atoms with E-state index in [1.807, 2.05) is 248 Å². The number of alkyl halides is 2. The Hall–Kier alpha value is -17.7. The quantitative estimate of drug-likeness (QED) is 0.0393. The van der Waals surface area contributed by atoms with Crippen molar-refractivity contribution in [3.05, 3.63) is 371 Å². The van der Waals surface area contributed by atoms with Gasteiger partial charge in [-0.1, -0.05) is 200 Å². The van der Waals surface area contributed by atoms with Crippen LogP contribution in [-0.2, 0) is 104 Å². The number of rotatable bonds is 18. The first-order chi connectivity index (χ1) is 70.9. The molecule has 0 radical (unpaired) electrons. The van der Waals surface area contributed by atoms with Gasteiger partial charge in [0.1, 0.15) is 91.5 Å². The van der Waals surface area contributed by atoms with Crippen molar-refractivity contribution in [2.45, 2.75) is 148 Å². The van der Waals surface area contributed by atoms with Crippen molar-refractivity contribution in [1.82, 2.24) is 58.4 Å². The highest BCUT2D eigenvalue weighted by molar-refractivity contribution is 5.99. The Morgan fingerprint density at radius 1 is 0.388 bits per heavy atom. The number of esters is 2. The van der Waals surface area contributed by atoms with Gasteiger partial charge in [0, 0.05) is 84.5 Å². The second-order valence-electron chi connectivity index (χ2n) is 36.9. The van der Waals surface area contributed by atoms with E-state index in [2.05, 4.69) is 70.2 Å². The van der Waals surface area contributed by atoms with Crippen molar-refractivity contribution in [3.8, 4) is 11.1 Å². The number of pyridine rings is 6. The minimum Gasteiger partial charge on any atom is -0.460 e. The summed E-state index contributed by atoms with van der Waals surface area (Å²) in [7, 11) is 0. The molecule has 0 bridgehead atoms. The smallest absolute Gasteiger partial charge is 0.420 e. The maximum absolute atomic E-state index is 14.6. The molecular weight excluding hydrogens is 1880 g/mol. The van der Waals surface area contributed by atoms with Crippen LogP contribution in [0.1, 0.15) is 128 Å². The summed E-state index contributed by atoms with van der Waals surface area (Å²) in [5, 5.41) is 11.2. The molecular formula is C113H108F2N16O16. The molecule has 0 saturated carbocycles. The average molecular weight is 1980 g/mol. The first-order valence-corrected chi connectivity index (χ1v) is 47.7. The number of benzene rings is 6. The number of amides is 3. The maximum Gasteiger partial charge on any atom is 0.420 e. The highest BCUT2D eigenvalue weighted by Crippen LogP contribution is 2.45.